The Hall–Kier alpha value is -2.77. The Morgan fingerprint density at radius 1 is 1.12 bits per heavy atom. The van der Waals surface area contributed by atoms with Crippen LogP contribution in [0.3, 0.4) is 0 Å². The molecule has 26 heavy (non-hydrogen) atoms. The minimum absolute atomic E-state index is 0.441. The van der Waals surface area contributed by atoms with E-state index in [9.17, 15) is 0 Å². The average molecular weight is 371 g/mol. The van der Waals surface area contributed by atoms with Crippen molar-refractivity contribution in [3.63, 3.8) is 0 Å². The maximum atomic E-state index is 5.84. The molecule has 0 saturated heterocycles. The maximum absolute atomic E-state index is 5.84. The first-order chi connectivity index (χ1) is 12.6. The van der Waals surface area contributed by atoms with E-state index in [0.29, 0.717) is 41.5 Å². The van der Waals surface area contributed by atoms with Crippen molar-refractivity contribution >= 4 is 17.5 Å². The maximum Gasteiger partial charge on any atom is 0.222 e. The standard InChI is InChI=1S/C18H19ClN6O/c1-12-24-15(11-23-18-21-9-14(19)10-22-18)8-17(25-12)26-16-4-2-13(3-5-16)6-7-20/h2-5,8-10H,6-7,11,20H2,1H3,(H,21,22,23). The smallest absolute Gasteiger partial charge is 0.222 e. The Labute approximate surface area is 156 Å². The van der Waals surface area contributed by atoms with E-state index in [1.165, 1.54) is 18.0 Å². The first kappa shape index (κ1) is 18.0. The number of benzene rings is 1. The lowest BCUT2D eigenvalue weighted by molar-refractivity contribution is 0.458. The van der Waals surface area contributed by atoms with Crippen LogP contribution in [0, 0.1) is 6.92 Å². The molecule has 134 valence electrons. The zero-order valence-electron chi connectivity index (χ0n) is 14.3. The summed E-state index contributed by atoms with van der Waals surface area (Å²) in [5.41, 5.74) is 7.51. The van der Waals surface area contributed by atoms with Gasteiger partial charge in [0.05, 0.1) is 29.7 Å². The fourth-order valence-corrected chi connectivity index (χ4v) is 2.42. The lowest BCUT2D eigenvalue weighted by atomic mass is 10.1. The summed E-state index contributed by atoms with van der Waals surface area (Å²) < 4.78 is 5.84. The number of anilines is 1. The van der Waals surface area contributed by atoms with Gasteiger partial charge in [-0.1, -0.05) is 23.7 Å². The molecule has 0 spiro atoms. The van der Waals surface area contributed by atoms with Gasteiger partial charge in [-0.15, -0.1) is 0 Å². The number of ether oxygens (including phenoxy) is 1. The topological polar surface area (TPSA) is 98.8 Å². The monoisotopic (exact) mass is 370 g/mol. The SMILES string of the molecule is Cc1nc(CNc2ncc(Cl)cn2)cc(Oc2ccc(CCN)cc2)n1. The van der Waals surface area contributed by atoms with E-state index < -0.39 is 0 Å². The van der Waals surface area contributed by atoms with Gasteiger partial charge in [0.25, 0.3) is 0 Å². The molecule has 0 unspecified atom stereocenters. The molecule has 0 atom stereocenters. The summed E-state index contributed by atoms with van der Waals surface area (Å²) in [6.45, 7) is 2.88. The highest BCUT2D eigenvalue weighted by Crippen LogP contribution is 2.21. The highest BCUT2D eigenvalue weighted by atomic mass is 35.5. The Bertz CT molecular complexity index is 855. The van der Waals surface area contributed by atoms with Crippen molar-refractivity contribution in [2.75, 3.05) is 11.9 Å². The molecule has 0 saturated carbocycles. The number of nitrogens with two attached hydrogens (primary N) is 1. The van der Waals surface area contributed by atoms with E-state index >= 15 is 0 Å². The Balaban J connectivity index is 1.67. The van der Waals surface area contributed by atoms with Crippen LogP contribution < -0.4 is 15.8 Å². The van der Waals surface area contributed by atoms with Crippen molar-refractivity contribution in [3.8, 4) is 11.6 Å². The van der Waals surface area contributed by atoms with Crippen molar-refractivity contribution in [2.24, 2.45) is 5.73 Å². The van der Waals surface area contributed by atoms with Gasteiger partial charge in [0.15, 0.2) is 0 Å². The van der Waals surface area contributed by atoms with Crippen LogP contribution in [0.25, 0.3) is 0 Å². The van der Waals surface area contributed by atoms with Gasteiger partial charge in [0.1, 0.15) is 11.6 Å². The van der Waals surface area contributed by atoms with Gasteiger partial charge in [-0.3, -0.25) is 0 Å². The van der Waals surface area contributed by atoms with Crippen LogP contribution in [0.4, 0.5) is 5.95 Å². The first-order valence-electron chi connectivity index (χ1n) is 8.15. The van der Waals surface area contributed by atoms with E-state index in [-0.39, 0.29) is 0 Å². The summed E-state index contributed by atoms with van der Waals surface area (Å²) >= 11 is 5.78. The molecule has 8 heteroatoms. The number of rotatable bonds is 7. The van der Waals surface area contributed by atoms with Crippen molar-refractivity contribution in [2.45, 2.75) is 19.9 Å². The molecule has 0 aliphatic rings. The Morgan fingerprint density at radius 3 is 2.54 bits per heavy atom. The molecule has 3 aromatic rings. The fourth-order valence-electron chi connectivity index (χ4n) is 2.33. The van der Waals surface area contributed by atoms with Crippen molar-refractivity contribution < 1.29 is 4.74 Å². The fraction of sp³-hybridized carbons (Fsp3) is 0.222. The second-order valence-corrected chi connectivity index (χ2v) is 6.04. The number of nitrogens with zero attached hydrogens (tertiary/aromatic N) is 4. The Morgan fingerprint density at radius 2 is 1.85 bits per heavy atom. The summed E-state index contributed by atoms with van der Waals surface area (Å²) in [6, 6.07) is 9.58. The normalized spacial score (nSPS) is 10.6. The number of aromatic nitrogens is 4. The van der Waals surface area contributed by atoms with E-state index in [2.05, 4.69) is 25.3 Å². The molecule has 0 fully saturated rings. The number of aryl methyl sites for hydroxylation is 1. The number of halogens is 1. The van der Waals surface area contributed by atoms with E-state index in [0.717, 1.165) is 12.1 Å². The average Bonchev–Trinajstić information content (AvgIpc) is 2.63. The minimum atomic E-state index is 0.441. The Kier molecular flexibility index (Phi) is 5.93. The van der Waals surface area contributed by atoms with Crippen molar-refractivity contribution in [1.82, 2.24) is 19.9 Å². The predicted octanol–water partition coefficient (Wildman–Crippen LogP) is 3.13. The highest BCUT2D eigenvalue weighted by Gasteiger charge is 2.06. The highest BCUT2D eigenvalue weighted by molar-refractivity contribution is 6.30. The van der Waals surface area contributed by atoms with Gasteiger partial charge in [0, 0.05) is 6.07 Å². The van der Waals surface area contributed by atoms with Gasteiger partial charge in [-0.05, 0) is 37.6 Å². The number of hydrogen-bond donors (Lipinski definition) is 2. The zero-order valence-corrected chi connectivity index (χ0v) is 15.1. The molecule has 1 aromatic carbocycles. The molecule has 7 nitrogen and oxygen atoms in total. The summed E-state index contributed by atoms with van der Waals surface area (Å²) in [6.07, 6.45) is 3.91. The van der Waals surface area contributed by atoms with Crippen LogP contribution >= 0.6 is 11.6 Å². The second-order valence-electron chi connectivity index (χ2n) is 5.61. The predicted molar refractivity (Wildman–Crippen MR) is 100 cm³/mol. The van der Waals surface area contributed by atoms with Crippen molar-refractivity contribution in [1.29, 1.82) is 0 Å². The minimum Gasteiger partial charge on any atom is -0.439 e. The van der Waals surface area contributed by atoms with E-state index in [1.54, 1.807) is 6.07 Å². The molecular weight excluding hydrogens is 352 g/mol. The molecule has 0 radical (unpaired) electrons. The van der Waals surface area contributed by atoms with Gasteiger partial charge in [-0.25, -0.2) is 15.0 Å². The third-order valence-electron chi connectivity index (χ3n) is 3.49. The quantitative estimate of drug-likeness (QED) is 0.659. The summed E-state index contributed by atoms with van der Waals surface area (Å²) in [7, 11) is 0. The van der Waals surface area contributed by atoms with E-state index in [4.69, 9.17) is 22.1 Å². The van der Waals surface area contributed by atoms with Crippen LogP contribution in [-0.2, 0) is 13.0 Å². The first-order valence-corrected chi connectivity index (χ1v) is 8.53. The zero-order chi connectivity index (χ0) is 18.4. The van der Waals surface area contributed by atoms with Gasteiger partial charge < -0.3 is 15.8 Å². The summed E-state index contributed by atoms with van der Waals surface area (Å²) in [5, 5.41) is 3.58. The molecule has 0 aliphatic heterocycles. The molecule has 0 bridgehead atoms. The molecule has 0 aliphatic carbocycles. The molecule has 3 N–H and O–H groups in total. The van der Waals surface area contributed by atoms with E-state index in [1.807, 2.05) is 31.2 Å². The largest absolute Gasteiger partial charge is 0.439 e. The second kappa shape index (κ2) is 8.55. The summed E-state index contributed by atoms with van der Waals surface area (Å²) in [5.74, 6) is 2.29. The summed E-state index contributed by atoms with van der Waals surface area (Å²) in [4.78, 5) is 16.9. The van der Waals surface area contributed by atoms with Crippen molar-refractivity contribution in [3.05, 3.63) is 64.8 Å². The van der Waals surface area contributed by atoms with Crippen LogP contribution in [0.15, 0.2) is 42.7 Å². The van der Waals surface area contributed by atoms with Gasteiger partial charge >= 0.3 is 0 Å². The third-order valence-corrected chi connectivity index (χ3v) is 3.69. The molecule has 2 heterocycles. The van der Waals surface area contributed by atoms with Gasteiger partial charge in [0.2, 0.25) is 11.8 Å². The number of hydrogen-bond acceptors (Lipinski definition) is 7. The number of nitrogens with one attached hydrogen (secondary N) is 1. The lowest BCUT2D eigenvalue weighted by Crippen LogP contribution is -2.06. The lowest BCUT2D eigenvalue weighted by Gasteiger charge is -2.09. The molecular formula is C18H19ClN6O. The third kappa shape index (κ3) is 5.11. The van der Waals surface area contributed by atoms with Crippen LogP contribution in [0.2, 0.25) is 5.02 Å². The molecule has 2 aromatic heterocycles. The van der Waals surface area contributed by atoms with Gasteiger partial charge in [-0.2, -0.15) is 4.98 Å². The van der Waals surface area contributed by atoms with Crippen LogP contribution in [-0.4, -0.2) is 26.5 Å². The van der Waals surface area contributed by atoms with Crippen LogP contribution in [0.5, 0.6) is 11.6 Å². The molecule has 0 amide bonds. The van der Waals surface area contributed by atoms with Crippen LogP contribution in [0.1, 0.15) is 17.1 Å². The molecule has 3 rings (SSSR count).